The van der Waals surface area contributed by atoms with E-state index < -0.39 is 15.9 Å². The van der Waals surface area contributed by atoms with E-state index in [1.807, 2.05) is 11.6 Å². The zero-order valence-corrected chi connectivity index (χ0v) is 14.2. The molecule has 1 aromatic carbocycles. The largest absolute Gasteiger partial charge is 0.487 e. The number of benzene rings is 1. The van der Waals surface area contributed by atoms with E-state index in [9.17, 15) is 13.2 Å². The molecular formula is C16H18N2O5S. The Labute approximate surface area is 140 Å². The van der Waals surface area contributed by atoms with Gasteiger partial charge in [0, 0.05) is 11.6 Å². The van der Waals surface area contributed by atoms with Crippen LogP contribution in [0.4, 0.5) is 0 Å². The number of carbonyl (C=O) groups is 1. The highest BCUT2D eigenvalue weighted by Gasteiger charge is 2.10. The van der Waals surface area contributed by atoms with Crippen molar-refractivity contribution in [3.63, 3.8) is 0 Å². The van der Waals surface area contributed by atoms with Crippen molar-refractivity contribution >= 4 is 15.9 Å². The minimum absolute atomic E-state index is 0.256. The van der Waals surface area contributed by atoms with Gasteiger partial charge in [0.25, 0.3) is 5.91 Å². The predicted octanol–water partition coefficient (Wildman–Crippen LogP) is 1.75. The summed E-state index contributed by atoms with van der Waals surface area (Å²) < 4.78 is 34.8. The summed E-state index contributed by atoms with van der Waals surface area (Å²) in [6.45, 7) is 2.72. The molecule has 0 radical (unpaired) electrons. The Morgan fingerprint density at radius 1 is 1.12 bits per heavy atom. The predicted molar refractivity (Wildman–Crippen MR) is 88.5 cm³/mol. The van der Waals surface area contributed by atoms with Crippen LogP contribution in [0.1, 0.15) is 22.8 Å². The van der Waals surface area contributed by atoms with Crippen molar-refractivity contribution in [2.24, 2.45) is 0 Å². The van der Waals surface area contributed by atoms with Gasteiger partial charge in [-0.15, -0.1) is 0 Å². The van der Waals surface area contributed by atoms with E-state index in [-0.39, 0.29) is 5.56 Å². The molecule has 7 nitrogen and oxygen atoms in total. The molecule has 0 aliphatic rings. The second-order valence-corrected chi connectivity index (χ2v) is 6.70. The van der Waals surface area contributed by atoms with Crippen LogP contribution in [0.15, 0.2) is 42.6 Å². The molecule has 1 amide bonds. The van der Waals surface area contributed by atoms with E-state index in [2.05, 4.69) is 4.98 Å². The van der Waals surface area contributed by atoms with Crippen LogP contribution >= 0.6 is 0 Å². The summed E-state index contributed by atoms with van der Waals surface area (Å²) in [5.74, 6) is 0.462. The van der Waals surface area contributed by atoms with Crippen LogP contribution < -0.4 is 14.2 Å². The smallest absolute Gasteiger partial charge is 0.264 e. The van der Waals surface area contributed by atoms with Crippen LogP contribution in [0.2, 0.25) is 0 Å². The van der Waals surface area contributed by atoms with Crippen LogP contribution in [-0.4, -0.2) is 32.2 Å². The molecule has 0 aliphatic carbocycles. The lowest BCUT2D eigenvalue weighted by Gasteiger charge is -2.08. The second kappa shape index (κ2) is 7.78. The van der Waals surface area contributed by atoms with Gasteiger partial charge in [0.2, 0.25) is 15.9 Å². The van der Waals surface area contributed by atoms with Crippen LogP contribution in [0.25, 0.3) is 0 Å². The van der Waals surface area contributed by atoms with E-state index >= 15 is 0 Å². The van der Waals surface area contributed by atoms with Crippen LogP contribution in [0.5, 0.6) is 11.6 Å². The summed E-state index contributed by atoms with van der Waals surface area (Å²) in [6.07, 6.45) is 2.50. The standard InChI is InChI=1S/C16H18N2O5S/c1-3-22-15-9-8-14(10-17-15)23-11-12-4-6-13(7-5-12)16(19)18-24(2,20)21/h4-10H,3,11H2,1-2H3,(H,18,19). The maximum absolute atomic E-state index is 11.7. The van der Waals surface area contributed by atoms with Crippen molar-refractivity contribution in [3.8, 4) is 11.6 Å². The van der Waals surface area contributed by atoms with E-state index in [0.29, 0.717) is 24.8 Å². The number of hydrogen-bond donors (Lipinski definition) is 1. The van der Waals surface area contributed by atoms with Gasteiger partial charge in [-0.2, -0.15) is 0 Å². The van der Waals surface area contributed by atoms with Gasteiger partial charge in [0.15, 0.2) is 0 Å². The summed E-state index contributed by atoms with van der Waals surface area (Å²) in [5.41, 5.74) is 1.09. The van der Waals surface area contributed by atoms with Crippen molar-refractivity contribution in [2.45, 2.75) is 13.5 Å². The third-order valence-electron chi connectivity index (χ3n) is 2.90. The number of nitrogens with zero attached hydrogens (tertiary/aromatic N) is 1. The van der Waals surface area contributed by atoms with Gasteiger partial charge in [-0.1, -0.05) is 12.1 Å². The molecule has 0 saturated carbocycles. The Balaban J connectivity index is 1.93. The Morgan fingerprint density at radius 3 is 2.38 bits per heavy atom. The van der Waals surface area contributed by atoms with Gasteiger partial charge in [-0.05, 0) is 30.7 Å². The van der Waals surface area contributed by atoms with Gasteiger partial charge < -0.3 is 9.47 Å². The number of nitrogens with one attached hydrogen (secondary N) is 1. The number of aromatic nitrogens is 1. The highest BCUT2D eigenvalue weighted by molar-refractivity contribution is 7.89. The van der Waals surface area contributed by atoms with E-state index in [0.717, 1.165) is 11.8 Å². The Bertz CT molecular complexity index is 786. The molecule has 2 aromatic rings. The lowest BCUT2D eigenvalue weighted by Crippen LogP contribution is -2.29. The topological polar surface area (TPSA) is 94.6 Å². The molecule has 0 aliphatic heterocycles. The molecule has 24 heavy (non-hydrogen) atoms. The van der Waals surface area contributed by atoms with Crippen LogP contribution in [-0.2, 0) is 16.6 Å². The van der Waals surface area contributed by atoms with Gasteiger partial charge in [-0.25, -0.2) is 18.1 Å². The van der Waals surface area contributed by atoms with Crippen molar-refractivity contribution < 1.29 is 22.7 Å². The van der Waals surface area contributed by atoms with E-state index in [1.165, 1.54) is 12.1 Å². The third kappa shape index (κ3) is 5.54. The van der Waals surface area contributed by atoms with Gasteiger partial charge in [-0.3, -0.25) is 4.79 Å². The van der Waals surface area contributed by atoms with Crippen LogP contribution in [0, 0.1) is 0 Å². The normalized spacial score (nSPS) is 10.9. The average Bonchev–Trinajstić information content (AvgIpc) is 2.53. The highest BCUT2D eigenvalue weighted by Crippen LogP contribution is 2.15. The first-order valence-electron chi connectivity index (χ1n) is 7.20. The number of carbonyl (C=O) groups excluding carboxylic acids is 1. The van der Waals surface area contributed by atoms with Gasteiger partial charge in [0.1, 0.15) is 12.4 Å². The molecular weight excluding hydrogens is 332 g/mol. The van der Waals surface area contributed by atoms with Crippen molar-refractivity contribution in [3.05, 3.63) is 53.7 Å². The number of hydrogen-bond acceptors (Lipinski definition) is 6. The summed E-state index contributed by atoms with van der Waals surface area (Å²) in [5, 5.41) is 0. The first kappa shape index (κ1) is 17.7. The zero-order chi connectivity index (χ0) is 17.6. The first-order chi connectivity index (χ1) is 11.4. The zero-order valence-electron chi connectivity index (χ0n) is 13.4. The molecule has 1 heterocycles. The van der Waals surface area contributed by atoms with Crippen molar-refractivity contribution in [1.29, 1.82) is 0 Å². The lowest BCUT2D eigenvalue weighted by atomic mass is 10.1. The van der Waals surface area contributed by atoms with Crippen LogP contribution in [0.3, 0.4) is 0 Å². The highest BCUT2D eigenvalue weighted by atomic mass is 32.2. The van der Waals surface area contributed by atoms with Crippen molar-refractivity contribution in [2.75, 3.05) is 12.9 Å². The summed E-state index contributed by atoms with van der Waals surface area (Å²) in [6, 6.07) is 9.94. The molecule has 1 aromatic heterocycles. The summed E-state index contributed by atoms with van der Waals surface area (Å²) in [7, 11) is -3.58. The minimum atomic E-state index is -3.58. The fourth-order valence-corrected chi connectivity index (χ4v) is 2.29. The molecule has 0 spiro atoms. The monoisotopic (exact) mass is 350 g/mol. The maximum atomic E-state index is 11.7. The number of amides is 1. The summed E-state index contributed by atoms with van der Waals surface area (Å²) in [4.78, 5) is 15.8. The second-order valence-electron chi connectivity index (χ2n) is 4.95. The summed E-state index contributed by atoms with van der Waals surface area (Å²) >= 11 is 0. The number of sulfonamides is 1. The first-order valence-corrected chi connectivity index (χ1v) is 9.09. The SMILES string of the molecule is CCOc1ccc(OCc2ccc(C(=O)NS(C)(=O)=O)cc2)cn1. The Kier molecular flexibility index (Phi) is 5.75. The molecule has 8 heteroatoms. The molecule has 1 N–H and O–H groups in total. The van der Waals surface area contributed by atoms with E-state index in [4.69, 9.17) is 9.47 Å². The van der Waals surface area contributed by atoms with Gasteiger partial charge >= 0.3 is 0 Å². The lowest BCUT2D eigenvalue weighted by molar-refractivity contribution is 0.0981. The number of pyridine rings is 1. The number of rotatable bonds is 7. The van der Waals surface area contributed by atoms with Crippen molar-refractivity contribution in [1.82, 2.24) is 9.71 Å². The fraction of sp³-hybridized carbons (Fsp3) is 0.250. The van der Waals surface area contributed by atoms with E-state index in [1.54, 1.807) is 30.5 Å². The molecule has 0 saturated heterocycles. The maximum Gasteiger partial charge on any atom is 0.264 e. The molecule has 2 rings (SSSR count). The molecule has 128 valence electrons. The quantitative estimate of drug-likeness (QED) is 0.817. The molecule has 0 unspecified atom stereocenters. The Morgan fingerprint density at radius 2 is 1.83 bits per heavy atom. The fourth-order valence-electron chi connectivity index (χ4n) is 1.83. The Hall–Kier alpha value is -2.61. The average molecular weight is 350 g/mol. The third-order valence-corrected chi connectivity index (χ3v) is 3.46. The molecule has 0 bridgehead atoms. The molecule has 0 atom stereocenters. The molecule has 0 fully saturated rings. The van der Waals surface area contributed by atoms with Gasteiger partial charge in [0.05, 0.1) is 19.1 Å². The minimum Gasteiger partial charge on any atom is -0.487 e. The number of ether oxygens (including phenoxy) is 2.